The topological polar surface area (TPSA) is 37.3 Å². The second-order valence-corrected chi connectivity index (χ2v) is 7.46. The van der Waals surface area contributed by atoms with E-state index in [4.69, 9.17) is 0 Å². The Morgan fingerprint density at radius 1 is 1.06 bits per heavy atom. The van der Waals surface area contributed by atoms with Gasteiger partial charge in [0, 0.05) is 0 Å². The fraction of sp³-hybridized carbons (Fsp3) is 0.933. The van der Waals surface area contributed by atoms with E-state index in [9.17, 15) is 9.90 Å². The van der Waals surface area contributed by atoms with Gasteiger partial charge in [-0.15, -0.1) is 0 Å². The highest BCUT2D eigenvalue weighted by molar-refractivity contribution is 5.73. The van der Waals surface area contributed by atoms with Gasteiger partial charge in [-0.2, -0.15) is 0 Å². The summed E-state index contributed by atoms with van der Waals surface area (Å²) in [5, 5.41) is 9.35. The average molecular weight is 240 g/mol. The summed E-state index contributed by atoms with van der Waals surface area (Å²) in [7, 11) is 0. The number of carboxylic acid groups (broad SMARTS) is 1. The van der Waals surface area contributed by atoms with E-state index < -0.39 is 11.4 Å². The number of hydrogen-bond donors (Lipinski definition) is 1. The molecule has 2 heteroatoms. The van der Waals surface area contributed by atoms with Crippen LogP contribution in [-0.4, -0.2) is 11.1 Å². The Hall–Kier alpha value is -0.530. The van der Waals surface area contributed by atoms with Gasteiger partial charge in [-0.05, 0) is 43.9 Å². The first-order valence-corrected chi connectivity index (χ1v) is 6.84. The zero-order chi connectivity index (χ0) is 13.3. The van der Waals surface area contributed by atoms with Crippen LogP contribution in [0.15, 0.2) is 0 Å². The van der Waals surface area contributed by atoms with Gasteiger partial charge < -0.3 is 5.11 Å². The van der Waals surface area contributed by atoms with Gasteiger partial charge in [0.2, 0.25) is 0 Å². The zero-order valence-corrected chi connectivity index (χ0v) is 12.1. The molecule has 0 aromatic heterocycles. The summed E-state index contributed by atoms with van der Waals surface area (Å²) in [6.07, 6.45) is 7.00. The summed E-state index contributed by atoms with van der Waals surface area (Å²) < 4.78 is 0. The number of rotatable bonds is 3. The molecule has 1 saturated carbocycles. The molecule has 0 spiro atoms. The Kier molecular flexibility index (Phi) is 3.95. The van der Waals surface area contributed by atoms with E-state index in [-0.39, 0.29) is 10.8 Å². The molecule has 0 heterocycles. The molecule has 100 valence electrons. The van der Waals surface area contributed by atoms with Gasteiger partial charge in [0.25, 0.3) is 0 Å². The molecule has 0 unspecified atom stereocenters. The van der Waals surface area contributed by atoms with E-state index >= 15 is 0 Å². The lowest BCUT2D eigenvalue weighted by Gasteiger charge is -2.50. The zero-order valence-electron chi connectivity index (χ0n) is 12.1. The van der Waals surface area contributed by atoms with Crippen molar-refractivity contribution in [3.63, 3.8) is 0 Å². The third kappa shape index (κ3) is 3.02. The Bertz CT molecular complexity index is 278. The normalized spacial score (nSPS) is 21.2. The molecule has 1 aliphatic rings. The maximum Gasteiger partial charge on any atom is 0.309 e. The van der Waals surface area contributed by atoms with Crippen molar-refractivity contribution in [1.29, 1.82) is 0 Å². The predicted molar refractivity (Wildman–Crippen MR) is 71.0 cm³/mol. The lowest BCUT2D eigenvalue weighted by molar-refractivity contribution is -0.151. The molecular weight excluding hydrogens is 212 g/mol. The van der Waals surface area contributed by atoms with Crippen LogP contribution in [0, 0.1) is 16.2 Å². The molecule has 17 heavy (non-hydrogen) atoms. The molecule has 1 N–H and O–H groups in total. The van der Waals surface area contributed by atoms with E-state index in [0.29, 0.717) is 0 Å². The van der Waals surface area contributed by atoms with Gasteiger partial charge in [0.1, 0.15) is 0 Å². The Morgan fingerprint density at radius 3 is 1.88 bits per heavy atom. The summed E-state index contributed by atoms with van der Waals surface area (Å²) in [5.41, 5.74) is -0.210. The van der Waals surface area contributed by atoms with Crippen molar-refractivity contribution in [2.75, 3.05) is 0 Å². The first-order chi connectivity index (χ1) is 7.61. The molecule has 0 radical (unpaired) electrons. The number of carboxylic acids is 1. The Balaban J connectivity index is 2.96. The summed E-state index contributed by atoms with van der Waals surface area (Å²) >= 11 is 0. The molecule has 2 nitrogen and oxygen atoms in total. The van der Waals surface area contributed by atoms with Crippen molar-refractivity contribution in [2.45, 2.75) is 73.1 Å². The van der Waals surface area contributed by atoms with Crippen molar-refractivity contribution in [1.82, 2.24) is 0 Å². The molecule has 1 rings (SSSR count). The van der Waals surface area contributed by atoms with Crippen LogP contribution in [0.25, 0.3) is 0 Å². The molecule has 0 atom stereocenters. The van der Waals surface area contributed by atoms with E-state index in [1.807, 2.05) is 13.8 Å². The highest BCUT2D eigenvalue weighted by Crippen LogP contribution is 2.55. The van der Waals surface area contributed by atoms with E-state index in [1.165, 1.54) is 32.1 Å². The van der Waals surface area contributed by atoms with E-state index in [1.54, 1.807) is 0 Å². The summed E-state index contributed by atoms with van der Waals surface area (Å²) in [5.74, 6) is -0.660. The second-order valence-electron chi connectivity index (χ2n) is 7.46. The molecule has 0 aromatic rings. The number of aliphatic carboxylic acids is 1. The third-order valence-electron chi connectivity index (χ3n) is 4.76. The van der Waals surface area contributed by atoms with Gasteiger partial charge in [0.05, 0.1) is 5.41 Å². The highest BCUT2D eigenvalue weighted by Gasteiger charge is 2.47. The van der Waals surface area contributed by atoms with Crippen molar-refractivity contribution < 1.29 is 9.90 Å². The van der Waals surface area contributed by atoms with Crippen LogP contribution < -0.4 is 0 Å². The lowest BCUT2D eigenvalue weighted by atomic mass is 9.54. The van der Waals surface area contributed by atoms with Gasteiger partial charge in [-0.1, -0.05) is 40.0 Å². The maximum absolute atomic E-state index is 11.4. The monoisotopic (exact) mass is 240 g/mol. The largest absolute Gasteiger partial charge is 0.481 e. The third-order valence-corrected chi connectivity index (χ3v) is 4.76. The van der Waals surface area contributed by atoms with Crippen LogP contribution in [0.4, 0.5) is 0 Å². The van der Waals surface area contributed by atoms with E-state index in [2.05, 4.69) is 20.8 Å². The van der Waals surface area contributed by atoms with Crippen LogP contribution in [0.2, 0.25) is 0 Å². The first kappa shape index (κ1) is 14.5. The van der Waals surface area contributed by atoms with Crippen LogP contribution >= 0.6 is 0 Å². The fourth-order valence-corrected chi connectivity index (χ4v) is 3.34. The average Bonchev–Trinajstić information content (AvgIpc) is 2.16. The van der Waals surface area contributed by atoms with Crippen molar-refractivity contribution in [2.24, 2.45) is 16.2 Å². The number of carbonyl (C=O) groups is 1. The van der Waals surface area contributed by atoms with E-state index in [0.717, 1.165) is 6.42 Å². The molecule has 0 saturated heterocycles. The highest BCUT2D eigenvalue weighted by atomic mass is 16.4. The minimum Gasteiger partial charge on any atom is -0.481 e. The molecule has 0 amide bonds. The second kappa shape index (κ2) is 4.62. The molecule has 0 aromatic carbocycles. The van der Waals surface area contributed by atoms with Crippen molar-refractivity contribution in [3.05, 3.63) is 0 Å². The quantitative estimate of drug-likeness (QED) is 0.789. The van der Waals surface area contributed by atoms with Gasteiger partial charge in [0.15, 0.2) is 0 Å². The molecular formula is C15H28O2. The summed E-state index contributed by atoms with van der Waals surface area (Å²) in [4.78, 5) is 11.4. The Labute approximate surface area is 106 Å². The SMILES string of the molecule is CC(C)(CC1(C(C)(C)C)CCCCC1)C(=O)O. The van der Waals surface area contributed by atoms with Crippen LogP contribution in [0.1, 0.15) is 73.1 Å². The first-order valence-electron chi connectivity index (χ1n) is 6.84. The molecule has 0 bridgehead atoms. The predicted octanol–water partition coefficient (Wildman–Crippen LogP) is 4.48. The fourth-order valence-electron chi connectivity index (χ4n) is 3.34. The van der Waals surface area contributed by atoms with Crippen LogP contribution in [-0.2, 0) is 4.79 Å². The molecule has 0 aliphatic heterocycles. The van der Waals surface area contributed by atoms with Gasteiger partial charge in [-0.3, -0.25) is 4.79 Å². The van der Waals surface area contributed by atoms with Crippen molar-refractivity contribution >= 4 is 5.97 Å². The smallest absolute Gasteiger partial charge is 0.309 e. The molecule has 1 aliphatic carbocycles. The van der Waals surface area contributed by atoms with Crippen LogP contribution in [0.3, 0.4) is 0 Å². The minimum atomic E-state index is -0.660. The number of hydrogen-bond acceptors (Lipinski definition) is 1. The van der Waals surface area contributed by atoms with Crippen molar-refractivity contribution in [3.8, 4) is 0 Å². The maximum atomic E-state index is 11.4. The van der Waals surface area contributed by atoms with Gasteiger partial charge in [-0.25, -0.2) is 0 Å². The standard InChI is InChI=1S/C15H28O2/c1-13(2,3)15(9-7-6-8-10-15)11-14(4,5)12(16)17/h6-11H2,1-5H3,(H,16,17). The summed E-state index contributed by atoms with van der Waals surface area (Å²) in [6.45, 7) is 10.6. The lowest BCUT2D eigenvalue weighted by Crippen LogP contribution is -2.43. The minimum absolute atomic E-state index is 0.195. The van der Waals surface area contributed by atoms with Crippen LogP contribution in [0.5, 0.6) is 0 Å². The van der Waals surface area contributed by atoms with Gasteiger partial charge >= 0.3 is 5.97 Å². The summed E-state index contributed by atoms with van der Waals surface area (Å²) in [6, 6.07) is 0. The molecule has 1 fully saturated rings. The Morgan fingerprint density at radius 2 is 1.53 bits per heavy atom.